The summed E-state index contributed by atoms with van der Waals surface area (Å²) in [7, 11) is -2.44. The molecule has 3 aromatic carbocycles. The zero-order valence-corrected chi connectivity index (χ0v) is 27.4. The maximum absolute atomic E-state index is 15.6. The number of aliphatic hydroxyl groups is 1. The number of hydrogen-bond donors (Lipinski definition) is 3. The van der Waals surface area contributed by atoms with E-state index in [1.54, 1.807) is 38.4 Å². The molecule has 1 aliphatic carbocycles. The van der Waals surface area contributed by atoms with Crippen molar-refractivity contribution in [1.29, 1.82) is 0 Å². The Hall–Kier alpha value is -3.61. The van der Waals surface area contributed by atoms with Gasteiger partial charge in [-0.05, 0) is 91.3 Å². The molecular formula is C34H37ClFN5O4S. The molecule has 4 aromatic rings. The van der Waals surface area contributed by atoms with E-state index in [1.165, 1.54) is 18.2 Å². The Labute approximate surface area is 273 Å². The van der Waals surface area contributed by atoms with Crippen molar-refractivity contribution in [1.82, 2.24) is 14.9 Å². The van der Waals surface area contributed by atoms with Crippen LogP contribution in [-0.2, 0) is 21.2 Å². The van der Waals surface area contributed by atoms with Crippen LogP contribution in [0.3, 0.4) is 0 Å². The van der Waals surface area contributed by atoms with Crippen LogP contribution in [0, 0.1) is 5.82 Å². The predicted molar refractivity (Wildman–Crippen MR) is 180 cm³/mol. The molecule has 1 aromatic heterocycles. The minimum atomic E-state index is -4.16. The normalized spacial score (nSPS) is 17.3. The highest BCUT2D eigenvalue weighted by molar-refractivity contribution is 7.92. The number of aliphatic hydroxyl groups excluding tert-OH is 1. The minimum absolute atomic E-state index is 0.00555. The molecule has 0 bridgehead atoms. The molecule has 46 heavy (non-hydrogen) atoms. The predicted octanol–water partition coefficient (Wildman–Crippen LogP) is 6.43. The molecule has 1 saturated heterocycles. The Morgan fingerprint density at radius 2 is 1.96 bits per heavy atom. The van der Waals surface area contributed by atoms with Gasteiger partial charge in [-0.2, -0.15) is 0 Å². The average Bonchev–Trinajstić information content (AvgIpc) is 3.40. The Morgan fingerprint density at radius 1 is 1.17 bits per heavy atom. The smallest absolute Gasteiger partial charge is 0.262 e. The summed E-state index contributed by atoms with van der Waals surface area (Å²) in [4.78, 5) is 11.6. The second kappa shape index (κ2) is 13.2. The van der Waals surface area contributed by atoms with Gasteiger partial charge >= 0.3 is 0 Å². The van der Waals surface area contributed by atoms with E-state index in [-0.39, 0.29) is 27.2 Å². The summed E-state index contributed by atoms with van der Waals surface area (Å²) in [5, 5.41) is 14.7. The van der Waals surface area contributed by atoms with Gasteiger partial charge in [-0.25, -0.2) is 22.8 Å². The number of rotatable bonds is 10. The third-order valence-corrected chi connectivity index (χ3v) is 10.4. The second-order valence-electron chi connectivity index (χ2n) is 12.0. The van der Waals surface area contributed by atoms with Gasteiger partial charge in [-0.3, -0.25) is 4.72 Å². The van der Waals surface area contributed by atoms with Gasteiger partial charge < -0.3 is 20.1 Å². The monoisotopic (exact) mass is 665 g/mol. The number of hydrogen-bond acceptors (Lipinski definition) is 8. The fourth-order valence-corrected chi connectivity index (χ4v) is 8.11. The molecular weight excluding hydrogens is 629 g/mol. The Bertz CT molecular complexity index is 1910. The van der Waals surface area contributed by atoms with Crippen LogP contribution in [0.15, 0.2) is 60.1 Å². The number of methoxy groups -OCH3 is 1. The Kier molecular flexibility index (Phi) is 9.31. The molecule has 9 nitrogen and oxygen atoms in total. The summed E-state index contributed by atoms with van der Waals surface area (Å²) in [6.07, 6.45) is 3.70. The van der Waals surface area contributed by atoms with Crippen LogP contribution in [0.2, 0.25) is 5.02 Å². The topological polar surface area (TPSA) is 117 Å². The summed E-state index contributed by atoms with van der Waals surface area (Å²) in [5.41, 5.74) is 3.46. The molecule has 0 amide bonds. The SMILES string of the molecule is C=C(C)c1c(NS(=O)(=O)c2cc(Cl)cc3c2CC[C@@H]3O)ccc(F)c1-c1ccc2nc(NC3CCN(CCOC)CC3)ncc2c1. The van der Waals surface area contributed by atoms with Crippen molar-refractivity contribution >= 4 is 49.7 Å². The van der Waals surface area contributed by atoms with Crippen molar-refractivity contribution in [3.63, 3.8) is 0 Å². The number of allylic oxidation sites excluding steroid dienone is 1. The third-order valence-electron chi connectivity index (χ3n) is 8.75. The van der Waals surface area contributed by atoms with Crippen molar-refractivity contribution in [3.05, 3.63) is 82.8 Å². The average molecular weight is 666 g/mol. The highest BCUT2D eigenvalue weighted by Gasteiger charge is 2.30. The zero-order valence-electron chi connectivity index (χ0n) is 25.8. The second-order valence-corrected chi connectivity index (χ2v) is 14.1. The number of piperidine rings is 1. The summed E-state index contributed by atoms with van der Waals surface area (Å²) < 4.78 is 50.9. The molecule has 3 N–H and O–H groups in total. The lowest BCUT2D eigenvalue weighted by Crippen LogP contribution is -2.40. The van der Waals surface area contributed by atoms with Crippen LogP contribution in [0.5, 0.6) is 0 Å². The molecule has 0 unspecified atom stereocenters. The van der Waals surface area contributed by atoms with Crippen LogP contribution in [0.25, 0.3) is 27.6 Å². The van der Waals surface area contributed by atoms with E-state index in [4.69, 9.17) is 21.3 Å². The van der Waals surface area contributed by atoms with Crippen molar-refractivity contribution in [2.24, 2.45) is 0 Å². The molecule has 0 radical (unpaired) electrons. The number of halogens is 2. The zero-order chi connectivity index (χ0) is 32.6. The number of nitrogens with zero attached hydrogens (tertiary/aromatic N) is 3. The van der Waals surface area contributed by atoms with E-state index in [9.17, 15) is 13.5 Å². The van der Waals surface area contributed by atoms with E-state index in [1.807, 2.05) is 6.07 Å². The lowest BCUT2D eigenvalue weighted by Gasteiger charge is -2.32. The van der Waals surface area contributed by atoms with Crippen molar-refractivity contribution in [2.45, 2.75) is 49.6 Å². The maximum Gasteiger partial charge on any atom is 0.262 e. The van der Waals surface area contributed by atoms with Gasteiger partial charge in [0.2, 0.25) is 5.95 Å². The molecule has 1 fully saturated rings. The minimum Gasteiger partial charge on any atom is -0.388 e. The van der Waals surface area contributed by atoms with Crippen LogP contribution in [0.4, 0.5) is 16.0 Å². The van der Waals surface area contributed by atoms with E-state index < -0.39 is 21.9 Å². The molecule has 1 aliphatic heterocycles. The Balaban J connectivity index is 1.28. The van der Waals surface area contributed by atoms with Crippen molar-refractivity contribution < 1.29 is 22.7 Å². The summed E-state index contributed by atoms with van der Waals surface area (Å²) >= 11 is 6.25. The molecule has 1 atom stereocenters. The van der Waals surface area contributed by atoms with Crippen LogP contribution < -0.4 is 10.0 Å². The molecule has 0 spiro atoms. The lowest BCUT2D eigenvalue weighted by atomic mass is 9.93. The first-order chi connectivity index (χ1) is 22.0. The highest BCUT2D eigenvalue weighted by Crippen LogP contribution is 2.41. The van der Waals surface area contributed by atoms with Gasteiger partial charge in [0, 0.05) is 60.5 Å². The fraction of sp³-hybridized carbons (Fsp3) is 0.353. The number of likely N-dealkylation sites (tertiary alicyclic amines) is 1. The summed E-state index contributed by atoms with van der Waals surface area (Å²) in [6.45, 7) is 9.36. The number of anilines is 2. The largest absolute Gasteiger partial charge is 0.388 e. The highest BCUT2D eigenvalue weighted by atomic mass is 35.5. The van der Waals surface area contributed by atoms with Gasteiger partial charge in [-0.1, -0.05) is 24.2 Å². The molecule has 12 heteroatoms. The van der Waals surface area contributed by atoms with Crippen LogP contribution in [0.1, 0.15) is 49.0 Å². The van der Waals surface area contributed by atoms with Gasteiger partial charge in [0.1, 0.15) is 5.82 Å². The van der Waals surface area contributed by atoms with Crippen LogP contribution >= 0.6 is 11.6 Å². The Morgan fingerprint density at radius 3 is 2.70 bits per heavy atom. The van der Waals surface area contributed by atoms with Gasteiger partial charge in [-0.15, -0.1) is 0 Å². The number of fused-ring (bicyclic) bond motifs is 2. The van der Waals surface area contributed by atoms with Crippen LogP contribution in [-0.4, -0.2) is 67.8 Å². The lowest BCUT2D eigenvalue weighted by molar-refractivity contribution is 0.132. The van der Waals surface area contributed by atoms with Gasteiger partial charge in [0.25, 0.3) is 10.0 Å². The number of ether oxygens (including phenoxy) is 1. The summed E-state index contributed by atoms with van der Waals surface area (Å²) in [6, 6.07) is 11.2. The van der Waals surface area contributed by atoms with Gasteiger partial charge in [0.05, 0.1) is 28.8 Å². The first kappa shape index (κ1) is 32.3. The number of sulfonamides is 1. The maximum atomic E-state index is 15.6. The molecule has 2 heterocycles. The van der Waals surface area contributed by atoms with E-state index in [0.29, 0.717) is 57.5 Å². The number of nitrogens with one attached hydrogen (secondary N) is 2. The van der Waals surface area contributed by atoms with E-state index in [2.05, 4.69) is 26.5 Å². The third kappa shape index (κ3) is 6.61. The number of benzene rings is 3. The van der Waals surface area contributed by atoms with Crippen molar-refractivity contribution in [3.8, 4) is 11.1 Å². The van der Waals surface area contributed by atoms with Crippen molar-refractivity contribution in [2.75, 3.05) is 43.4 Å². The quantitative estimate of drug-likeness (QED) is 0.178. The molecule has 6 rings (SSSR count). The molecule has 242 valence electrons. The first-order valence-corrected chi connectivity index (χ1v) is 17.2. The summed E-state index contributed by atoms with van der Waals surface area (Å²) in [5.74, 6) is 0.0175. The fourth-order valence-electron chi connectivity index (χ4n) is 6.42. The van der Waals surface area contributed by atoms with E-state index in [0.717, 1.165) is 39.1 Å². The first-order valence-electron chi connectivity index (χ1n) is 15.3. The van der Waals surface area contributed by atoms with E-state index >= 15 is 4.39 Å². The molecule has 0 saturated carbocycles. The number of aromatic nitrogens is 2. The standard InChI is InChI=1S/C34H37ClFN5O4S/c1-20(2)32-29(40-46(43,44)31-18-23(35)17-26-25(31)5-9-30(26)42)8-6-27(36)33(32)21-4-7-28-22(16-21)19-37-34(39-28)38-24-10-12-41(13-11-24)14-15-45-3/h4,6-8,16-19,24,30,40,42H,1,5,9-15H2,2-3H3,(H,37,38,39)/t30-/m0/s1. The van der Waals surface area contributed by atoms with Gasteiger partial charge in [0.15, 0.2) is 0 Å². The molecule has 2 aliphatic rings.